The van der Waals surface area contributed by atoms with Gasteiger partial charge in [-0.15, -0.1) is 0 Å². The summed E-state index contributed by atoms with van der Waals surface area (Å²) in [5.74, 6) is -0.874. The van der Waals surface area contributed by atoms with Gasteiger partial charge in [0.05, 0.1) is 17.9 Å². The molecule has 1 N–H and O–H groups in total. The zero-order chi connectivity index (χ0) is 22.7. The lowest BCUT2D eigenvalue weighted by Gasteiger charge is -2.19. The van der Waals surface area contributed by atoms with Gasteiger partial charge in [-0.3, -0.25) is 9.59 Å². The number of halogens is 1. The summed E-state index contributed by atoms with van der Waals surface area (Å²) in [5, 5.41) is 3.03. The van der Waals surface area contributed by atoms with Gasteiger partial charge in [0.1, 0.15) is 17.3 Å². The number of imide groups is 1. The summed E-state index contributed by atoms with van der Waals surface area (Å²) in [5.41, 5.74) is 2.93. The molecule has 1 aliphatic rings. The van der Waals surface area contributed by atoms with E-state index in [1.807, 2.05) is 38.1 Å². The number of hydrogen-bond donors (Lipinski definition) is 1. The van der Waals surface area contributed by atoms with Gasteiger partial charge in [0, 0.05) is 5.69 Å². The lowest BCUT2D eigenvalue weighted by Crippen LogP contribution is -2.32. The van der Waals surface area contributed by atoms with Crippen molar-refractivity contribution in [2.75, 3.05) is 16.8 Å². The van der Waals surface area contributed by atoms with E-state index < -0.39 is 11.8 Å². The summed E-state index contributed by atoms with van der Waals surface area (Å²) in [6.45, 7) is 4.40. The van der Waals surface area contributed by atoms with E-state index in [0.717, 1.165) is 16.9 Å². The number of nitrogens with one attached hydrogen (secondary N) is 1. The monoisotopic (exact) mass is 430 g/mol. The summed E-state index contributed by atoms with van der Waals surface area (Å²) in [6.07, 6.45) is 0.792. The normalized spacial score (nSPS) is 13.7. The predicted octanol–water partition coefficient (Wildman–Crippen LogP) is 5.32. The second-order valence-corrected chi connectivity index (χ2v) is 7.51. The topological polar surface area (TPSA) is 58.6 Å². The van der Waals surface area contributed by atoms with Gasteiger partial charge >= 0.3 is 0 Å². The van der Waals surface area contributed by atoms with Crippen LogP contribution in [0.2, 0.25) is 0 Å². The van der Waals surface area contributed by atoms with Crippen LogP contribution < -0.4 is 15.0 Å². The Hall–Kier alpha value is -3.93. The summed E-state index contributed by atoms with van der Waals surface area (Å²) < 4.78 is 19.2. The number of anilines is 2. The van der Waals surface area contributed by atoms with E-state index in [4.69, 9.17) is 4.74 Å². The number of amides is 2. The lowest BCUT2D eigenvalue weighted by atomic mass is 10.0. The minimum atomic E-state index is -0.498. The Morgan fingerprint density at radius 2 is 1.59 bits per heavy atom. The molecule has 162 valence electrons. The fourth-order valence-electron chi connectivity index (χ4n) is 3.51. The molecule has 0 aromatic heterocycles. The molecule has 0 radical (unpaired) electrons. The highest BCUT2D eigenvalue weighted by atomic mass is 19.1. The van der Waals surface area contributed by atoms with E-state index >= 15 is 0 Å². The molecule has 1 heterocycles. The van der Waals surface area contributed by atoms with Gasteiger partial charge in [-0.1, -0.05) is 48.9 Å². The molecule has 0 aliphatic carbocycles. The number of aryl methyl sites for hydroxylation is 1. The Balaban J connectivity index is 1.80. The molecule has 0 fully saturated rings. The minimum Gasteiger partial charge on any atom is -0.491 e. The van der Waals surface area contributed by atoms with Crippen LogP contribution in [0.15, 0.2) is 78.5 Å². The molecule has 3 aromatic rings. The molecule has 5 nitrogen and oxygen atoms in total. The Morgan fingerprint density at radius 1 is 0.906 bits per heavy atom. The van der Waals surface area contributed by atoms with Gasteiger partial charge < -0.3 is 10.1 Å². The number of para-hydroxylation sites is 2. The summed E-state index contributed by atoms with van der Waals surface area (Å²) in [7, 11) is 0. The second kappa shape index (κ2) is 9.06. The maximum atomic E-state index is 13.6. The summed E-state index contributed by atoms with van der Waals surface area (Å²) >= 11 is 0. The van der Waals surface area contributed by atoms with Crippen LogP contribution in [-0.4, -0.2) is 18.4 Å². The number of nitrogens with zero attached hydrogens (tertiary/aromatic N) is 1. The molecule has 0 spiro atoms. The molecule has 4 rings (SSSR count). The SMILES string of the molecule is CCCOc1ccccc1N1C(=O)C(Nc2ccc(F)cc2)=C(c2ccc(C)cc2)C1=O. The standard InChI is InChI=1S/C26H23FN2O3/c1-3-16-32-22-7-5-4-6-21(22)29-25(30)23(18-10-8-17(2)9-11-18)24(26(29)31)28-20-14-12-19(27)13-15-20/h4-15,28H,3,16H2,1-2H3. The molecule has 32 heavy (non-hydrogen) atoms. The van der Waals surface area contributed by atoms with Crippen LogP contribution in [0, 0.1) is 12.7 Å². The number of rotatable bonds is 7. The largest absolute Gasteiger partial charge is 0.491 e. The Bertz CT molecular complexity index is 1180. The van der Waals surface area contributed by atoms with Gasteiger partial charge in [-0.05, 0) is 55.3 Å². The number of carbonyl (C=O) groups excluding carboxylic acids is 2. The van der Waals surface area contributed by atoms with Crippen LogP contribution in [0.3, 0.4) is 0 Å². The number of carbonyl (C=O) groups is 2. The quantitative estimate of drug-likeness (QED) is 0.516. The second-order valence-electron chi connectivity index (χ2n) is 7.51. The van der Waals surface area contributed by atoms with Crippen molar-refractivity contribution in [3.8, 4) is 5.75 Å². The zero-order valence-corrected chi connectivity index (χ0v) is 17.9. The first kappa shape index (κ1) is 21.3. The van der Waals surface area contributed by atoms with E-state index in [9.17, 15) is 14.0 Å². The van der Waals surface area contributed by atoms with Crippen LogP contribution >= 0.6 is 0 Å². The van der Waals surface area contributed by atoms with E-state index in [0.29, 0.717) is 29.3 Å². The van der Waals surface area contributed by atoms with Gasteiger partial charge in [-0.25, -0.2) is 9.29 Å². The first-order valence-corrected chi connectivity index (χ1v) is 10.4. The molecule has 1 aliphatic heterocycles. The van der Waals surface area contributed by atoms with Crippen molar-refractivity contribution < 1.29 is 18.7 Å². The first-order chi connectivity index (χ1) is 15.5. The average molecular weight is 430 g/mol. The molecule has 0 saturated carbocycles. The lowest BCUT2D eigenvalue weighted by molar-refractivity contribution is -0.120. The van der Waals surface area contributed by atoms with E-state index in [1.165, 1.54) is 24.3 Å². The fraction of sp³-hybridized carbons (Fsp3) is 0.154. The molecule has 0 bridgehead atoms. The Kier molecular flexibility index (Phi) is 6.03. The van der Waals surface area contributed by atoms with E-state index in [2.05, 4.69) is 5.32 Å². The zero-order valence-electron chi connectivity index (χ0n) is 17.9. The average Bonchev–Trinajstić information content (AvgIpc) is 3.04. The number of ether oxygens (including phenoxy) is 1. The predicted molar refractivity (Wildman–Crippen MR) is 123 cm³/mol. The highest BCUT2D eigenvalue weighted by molar-refractivity contribution is 6.46. The fourth-order valence-corrected chi connectivity index (χ4v) is 3.51. The first-order valence-electron chi connectivity index (χ1n) is 10.4. The van der Waals surface area contributed by atoms with Crippen LogP contribution in [0.1, 0.15) is 24.5 Å². The van der Waals surface area contributed by atoms with Crippen molar-refractivity contribution in [1.29, 1.82) is 0 Å². The highest BCUT2D eigenvalue weighted by Crippen LogP contribution is 2.38. The molecule has 2 amide bonds. The van der Waals surface area contributed by atoms with Crippen LogP contribution in [0.25, 0.3) is 5.57 Å². The molecule has 0 unspecified atom stereocenters. The summed E-state index contributed by atoms with van der Waals surface area (Å²) in [4.78, 5) is 28.2. The van der Waals surface area contributed by atoms with Crippen molar-refractivity contribution in [2.24, 2.45) is 0 Å². The Labute approximate surface area is 186 Å². The van der Waals surface area contributed by atoms with Crippen LogP contribution in [0.4, 0.5) is 15.8 Å². The maximum Gasteiger partial charge on any atom is 0.282 e. The number of benzene rings is 3. The van der Waals surface area contributed by atoms with Crippen molar-refractivity contribution >= 4 is 28.8 Å². The third kappa shape index (κ3) is 4.12. The third-order valence-electron chi connectivity index (χ3n) is 5.11. The molecule has 3 aromatic carbocycles. The van der Waals surface area contributed by atoms with Gasteiger partial charge in [0.2, 0.25) is 0 Å². The van der Waals surface area contributed by atoms with Crippen molar-refractivity contribution in [1.82, 2.24) is 0 Å². The molecule has 0 saturated heterocycles. The smallest absolute Gasteiger partial charge is 0.282 e. The number of hydrogen-bond acceptors (Lipinski definition) is 4. The summed E-state index contributed by atoms with van der Waals surface area (Å²) in [6, 6.07) is 20.0. The molecular formula is C26H23FN2O3. The third-order valence-corrected chi connectivity index (χ3v) is 5.11. The van der Waals surface area contributed by atoms with Gasteiger partial charge in [0.15, 0.2) is 0 Å². The maximum absolute atomic E-state index is 13.6. The molecule has 6 heteroatoms. The van der Waals surface area contributed by atoms with E-state index in [-0.39, 0.29) is 17.1 Å². The highest BCUT2D eigenvalue weighted by Gasteiger charge is 2.41. The van der Waals surface area contributed by atoms with Crippen molar-refractivity contribution in [3.05, 3.63) is 95.4 Å². The van der Waals surface area contributed by atoms with Gasteiger partial charge in [-0.2, -0.15) is 0 Å². The van der Waals surface area contributed by atoms with Crippen molar-refractivity contribution in [3.63, 3.8) is 0 Å². The van der Waals surface area contributed by atoms with Crippen LogP contribution in [-0.2, 0) is 9.59 Å². The Morgan fingerprint density at radius 3 is 2.28 bits per heavy atom. The van der Waals surface area contributed by atoms with Crippen molar-refractivity contribution in [2.45, 2.75) is 20.3 Å². The minimum absolute atomic E-state index is 0.135. The van der Waals surface area contributed by atoms with Crippen LogP contribution in [0.5, 0.6) is 5.75 Å². The molecule has 0 atom stereocenters. The van der Waals surface area contributed by atoms with E-state index in [1.54, 1.807) is 24.3 Å². The van der Waals surface area contributed by atoms with Gasteiger partial charge in [0.25, 0.3) is 11.8 Å². The molecular weight excluding hydrogens is 407 g/mol.